The molecule has 0 aromatic carbocycles. The van der Waals surface area contributed by atoms with Gasteiger partial charge in [0.1, 0.15) is 4.88 Å². The molecular formula is C12H19BrN2OS. The third-order valence-corrected chi connectivity index (χ3v) is 4.13. The number of halogens is 1. The number of carbonyl (C=O) groups excluding carboxylic acids is 1. The number of hydrogen-bond donors (Lipinski definition) is 1. The van der Waals surface area contributed by atoms with Crippen LogP contribution in [-0.4, -0.2) is 38.0 Å². The van der Waals surface area contributed by atoms with Gasteiger partial charge in [0, 0.05) is 17.6 Å². The third-order valence-electron chi connectivity index (χ3n) is 2.30. The van der Waals surface area contributed by atoms with Crippen LogP contribution in [0.4, 0.5) is 0 Å². The van der Waals surface area contributed by atoms with Gasteiger partial charge in [-0.2, -0.15) is 0 Å². The fourth-order valence-corrected chi connectivity index (χ4v) is 3.24. The van der Waals surface area contributed by atoms with Crippen molar-refractivity contribution in [2.45, 2.75) is 13.8 Å². The highest BCUT2D eigenvalue weighted by Gasteiger charge is 2.21. The first-order chi connectivity index (χ1) is 7.82. The Labute approximate surface area is 115 Å². The van der Waals surface area contributed by atoms with Crippen LogP contribution < -0.4 is 5.32 Å². The van der Waals surface area contributed by atoms with Crippen LogP contribution in [0.5, 0.6) is 0 Å². The molecule has 5 heteroatoms. The van der Waals surface area contributed by atoms with Crippen molar-refractivity contribution < 1.29 is 4.79 Å². The standard InChI is InChI=1S/C12H19BrN2OS/c1-12(2,8-15(3)4)7-14-11(16)10-9(13)5-6-17-10/h5-6H,7-8H2,1-4H3,(H,14,16). The van der Waals surface area contributed by atoms with Crippen molar-refractivity contribution in [1.82, 2.24) is 10.2 Å². The molecule has 0 aliphatic rings. The van der Waals surface area contributed by atoms with E-state index in [2.05, 4.69) is 40.0 Å². The molecule has 0 radical (unpaired) electrons. The summed E-state index contributed by atoms with van der Waals surface area (Å²) in [5.74, 6) is -0.00120. The van der Waals surface area contributed by atoms with Gasteiger partial charge < -0.3 is 10.2 Å². The summed E-state index contributed by atoms with van der Waals surface area (Å²) in [6.07, 6.45) is 0. The summed E-state index contributed by atoms with van der Waals surface area (Å²) in [5.41, 5.74) is 0.0723. The number of carbonyl (C=O) groups is 1. The van der Waals surface area contributed by atoms with Crippen molar-refractivity contribution in [3.63, 3.8) is 0 Å². The van der Waals surface area contributed by atoms with E-state index in [4.69, 9.17) is 0 Å². The lowest BCUT2D eigenvalue weighted by atomic mass is 9.93. The average Bonchev–Trinajstić information content (AvgIpc) is 2.59. The van der Waals surface area contributed by atoms with Crippen molar-refractivity contribution in [1.29, 1.82) is 0 Å². The quantitative estimate of drug-likeness (QED) is 0.905. The maximum atomic E-state index is 11.9. The first-order valence-electron chi connectivity index (χ1n) is 5.48. The molecule has 0 aliphatic carbocycles. The van der Waals surface area contributed by atoms with E-state index >= 15 is 0 Å². The van der Waals surface area contributed by atoms with E-state index in [1.807, 2.05) is 25.5 Å². The molecule has 0 aliphatic heterocycles. The smallest absolute Gasteiger partial charge is 0.262 e. The van der Waals surface area contributed by atoms with E-state index in [-0.39, 0.29) is 11.3 Å². The third kappa shape index (κ3) is 4.77. The molecule has 1 N–H and O–H groups in total. The van der Waals surface area contributed by atoms with Crippen molar-refractivity contribution in [3.05, 3.63) is 20.8 Å². The van der Waals surface area contributed by atoms with Gasteiger partial charge in [-0.25, -0.2) is 0 Å². The zero-order valence-electron chi connectivity index (χ0n) is 10.7. The highest BCUT2D eigenvalue weighted by Crippen LogP contribution is 2.23. The first kappa shape index (κ1) is 14.7. The summed E-state index contributed by atoms with van der Waals surface area (Å²) in [6, 6.07) is 1.89. The van der Waals surface area contributed by atoms with Crippen LogP contribution in [0.2, 0.25) is 0 Å². The van der Waals surface area contributed by atoms with Gasteiger partial charge in [-0.3, -0.25) is 4.79 Å². The summed E-state index contributed by atoms with van der Waals surface area (Å²) in [4.78, 5) is 14.8. The lowest BCUT2D eigenvalue weighted by Crippen LogP contribution is -2.39. The van der Waals surface area contributed by atoms with E-state index in [1.165, 1.54) is 11.3 Å². The van der Waals surface area contributed by atoms with Crippen molar-refractivity contribution >= 4 is 33.2 Å². The zero-order chi connectivity index (χ0) is 13.1. The summed E-state index contributed by atoms with van der Waals surface area (Å²) < 4.78 is 0.866. The van der Waals surface area contributed by atoms with E-state index in [0.717, 1.165) is 15.9 Å². The average molecular weight is 319 g/mol. The second kappa shape index (κ2) is 5.98. The molecule has 0 atom stereocenters. The second-order valence-corrected chi connectivity index (χ2v) is 6.95. The Morgan fingerprint density at radius 2 is 2.18 bits per heavy atom. The first-order valence-corrected chi connectivity index (χ1v) is 7.15. The van der Waals surface area contributed by atoms with Crippen molar-refractivity contribution in [2.24, 2.45) is 5.41 Å². The molecule has 1 rings (SSSR count). The highest BCUT2D eigenvalue weighted by molar-refractivity contribution is 9.10. The number of thiophene rings is 1. The zero-order valence-corrected chi connectivity index (χ0v) is 13.1. The van der Waals surface area contributed by atoms with Gasteiger partial charge in [0.25, 0.3) is 5.91 Å². The van der Waals surface area contributed by atoms with Crippen LogP contribution in [0.3, 0.4) is 0 Å². The normalized spacial score (nSPS) is 11.9. The minimum absolute atomic E-state index is 0.00120. The Balaban J connectivity index is 2.51. The van der Waals surface area contributed by atoms with Crippen molar-refractivity contribution in [3.8, 4) is 0 Å². The maximum absolute atomic E-state index is 11.9. The van der Waals surface area contributed by atoms with Crippen LogP contribution in [-0.2, 0) is 0 Å². The summed E-state index contributed by atoms with van der Waals surface area (Å²) in [6.45, 7) is 5.92. The number of rotatable bonds is 5. The lowest BCUT2D eigenvalue weighted by Gasteiger charge is -2.28. The molecular weight excluding hydrogens is 300 g/mol. The second-order valence-electron chi connectivity index (χ2n) is 5.18. The molecule has 1 amide bonds. The van der Waals surface area contributed by atoms with Crippen LogP contribution >= 0.6 is 27.3 Å². The molecule has 0 saturated heterocycles. The van der Waals surface area contributed by atoms with Gasteiger partial charge in [0.05, 0.1) is 0 Å². The summed E-state index contributed by atoms with van der Waals surface area (Å²) in [5, 5.41) is 4.89. The van der Waals surface area contributed by atoms with Crippen LogP contribution in [0.15, 0.2) is 15.9 Å². The van der Waals surface area contributed by atoms with Gasteiger partial charge >= 0.3 is 0 Å². The lowest BCUT2D eigenvalue weighted by molar-refractivity contribution is 0.0932. The molecule has 1 aromatic rings. The van der Waals surface area contributed by atoms with Crippen LogP contribution in [0.25, 0.3) is 0 Å². The molecule has 96 valence electrons. The largest absolute Gasteiger partial charge is 0.351 e. The van der Waals surface area contributed by atoms with E-state index in [0.29, 0.717) is 6.54 Å². The Morgan fingerprint density at radius 1 is 1.53 bits per heavy atom. The van der Waals surface area contributed by atoms with E-state index < -0.39 is 0 Å². The fraction of sp³-hybridized carbons (Fsp3) is 0.583. The molecule has 17 heavy (non-hydrogen) atoms. The summed E-state index contributed by atoms with van der Waals surface area (Å²) in [7, 11) is 4.08. The monoisotopic (exact) mass is 318 g/mol. The molecule has 0 saturated carbocycles. The number of hydrogen-bond acceptors (Lipinski definition) is 3. The van der Waals surface area contributed by atoms with Gasteiger partial charge in [-0.1, -0.05) is 13.8 Å². The van der Waals surface area contributed by atoms with Gasteiger partial charge in [-0.05, 0) is 46.9 Å². The Bertz CT molecular complexity index is 388. The Kier molecular flexibility index (Phi) is 5.16. The molecule has 3 nitrogen and oxygen atoms in total. The molecule has 1 heterocycles. The predicted molar refractivity (Wildman–Crippen MR) is 76.7 cm³/mol. The van der Waals surface area contributed by atoms with Crippen LogP contribution in [0, 0.1) is 5.41 Å². The van der Waals surface area contributed by atoms with Crippen LogP contribution in [0.1, 0.15) is 23.5 Å². The van der Waals surface area contributed by atoms with E-state index in [9.17, 15) is 4.79 Å². The molecule has 0 fully saturated rings. The minimum Gasteiger partial charge on any atom is -0.351 e. The maximum Gasteiger partial charge on any atom is 0.262 e. The highest BCUT2D eigenvalue weighted by atomic mass is 79.9. The van der Waals surface area contributed by atoms with Gasteiger partial charge in [-0.15, -0.1) is 11.3 Å². The van der Waals surface area contributed by atoms with E-state index in [1.54, 1.807) is 0 Å². The Morgan fingerprint density at radius 3 is 2.65 bits per heavy atom. The molecule has 0 spiro atoms. The number of nitrogens with zero attached hydrogens (tertiary/aromatic N) is 1. The minimum atomic E-state index is -0.00120. The molecule has 0 bridgehead atoms. The Hall–Kier alpha value is -0.390. The fourth-order valence-electron chi connectivity index (χ4n) is 1.77. The number of nitrogens with one attached hydrogen (secondary N) is 1. The SMILES string of the molecule is CN(C)CC(C)(C)CNC(=O)c1sccc1Br. The predicted octanol–water partition coefficient (Wildman–Crippen LogP) is 2.83. The topological polar surface area (TPSA) is 32.3 Å². The molecule has 1 aromatic heterocycles. The van der Waals surface area contributed by atoms with Crippen molar-refractivity contribution in [2.75, 3.05) is 27.2 Å². The number of amides is 1. The van der Waals surface area contributed by atoms with Gasteiger partial charge in [0.15, 0.2) is 0 Å². The summed E-state index contributed by atoms with van der Waals surface area (Å²) >= 11 is 4.82. The van der Waals surface area contributed by atoms with Gasteiger partial charge in [0.2, 0.25) is 0 Å². The molecule has 0 unspecified atom stereocenters.